The van der Waals surface area contributed by atoms with Gasteiger partial charge in [-0.3, -0.25) is 4.90 Å². The number of hydrogen-bond donors (Lipinski definition) is 2. The van der Waals surface area contributed by atoms with E-state index in [0.29, 0.717) is 25.1 Å². The number of thiophene rings is 1. The molecule has 7 nitrogen and oxygen atoms in total. The summed E-state index contributed by atoms with van der Waals surface area (Å²) in [7, 11) is 0. The molecule has 0 bridgehead atoms. The van der Waals surface area contributed by atoms with Crippen molar-refractivity contribution in [2.75, 3.05) is 46.0 Å². The summed E-state index contributed by atoms with van der Waals surface area (Å²) < 4.78 is 11.3. The summed E-state index contributed by atoms with van der Waals surface area (Å²) in [6.07, 6.45) is 2.71. The van der Waals surface area contributed by atoms with Crippen LogP contribution in [0.1, 0.15) is 36.8 Å². The van der Waals surface area contributed by atoms with Gasteiger partial charge in [-0.25, -0.2) is 9.98 Å². The van der Waals surface area contributed by atoms with Gasteiger partial charge in [0.15, 0.2) is 5.96 Å². The zero-order chi connectivity index (χ0) is 21.0. The second-order valence-corrected chi connectivity index (χ2v) is 8.05. The van der Waals surface area contributed by atoms with Crippen molar-refractivity contribution in [1.29, 1.82) is 0 Å². The van der Waals surface area contributed by atoms with E-state index >= 15 is 0 Å². The fraction of sp³-hybridized carbons (Fsp3) is 0.545. The van der Waals surface area contributed by atoms with Crippen molar-refractivity contribution in [2.45, 2.75) is 32.9 Å². The largest absolute Gasteiger partial charge is 0.477 e. The quantitative estimate of drug-likeness (QED) is 0.445. The van der Waals surface area contributed by atoms with Crippen LogP contribution in [-0.4, -0.2) is 61.8 Å². The Balaban J connectivity index is 1.66. The van der Waals surface area contributed by atoms with Crippen LogP contribution in [0.5, 0.6) is 5.88 Å². The number of hydrogen-bond acceptors (Lipinski definition) is 6. The molecule has 3 heterocycles. The third-order valence-electron chi connectivity index (χ3n) is 4.87. The van der Waals surface area contributed by atoms with Crippen LogP contribution >= 0.6 is 11.3 Å². The number of nitrogens with zero attached hydrogens (tertiary/aromatic N) is 3. The van der Waals surface area contributed by atoms with Crippen LogP contribution in [0.15, 0.2) is 40.8 Å². The lowest BCUT2D eigenvalue weighted by Crippen LogP contribution is -2.46. The van der Waals surface area contributed by atoms with Crippen molar-refractivity contribution in [3.8, 4) is 5.88 Å². The van der Waals surface area contributed by atoms with Gasteiger partial charge < -0.3 is 20.1 Å². The number of morpholine rings is 1. The molecule has 1 unspecified atom stereocenters. The summed E-state index contributed by atoms with van der Waals surface area (Å²) in [5.74, 6) is 1.47. The predicted molar refractivity (Wildman–Crippen MR) is 122 cm³/mol. The molecule has 2 aromatic rings. The molecule has 0 spiro atoms. The number of aromatic nitrogens is 1. The molecule has 0 saturated carbocycles. The van der Waals surface area contributed by atoms with Gasteiger partial charge in [0, 0.05) is 42.8 Å². The number of nitrogens with one attached hydrogen (secondary N) is 2. The van der Waals surface area contributed by atoms with E-state index in [-0.39, 0.29) is 0 Å². The Morgan fingerprint density at radius 1 is 1.27 bits per heavy atom. The maximum absolute atomic E-state index is 5.77. The van der Waals surface area contributed by atoms with E-state index in [0.717, 1.165) is 57.3 Å². The highest BCUT2D eigenvalue weighted by molar-refractivity contribution is 7.10. The van der Waals surface area contributed by atoms with Gasteiger partial charge in [-0.05, 0) is 30.9 Å². The Labute approximate surface area is 183 Å². The lowest BCUT2D eigenvalue weighted by Gasteiger charge is -2.34. The first kappa shape index (κ1) is 22.5. The number of guanidine groups is 1. The number of aliphatic imine (C=N–C) groups is 1. The molecule has 0 aliphatic carbocycles. The highest BCUT2D eigenvalue weighted by Crippen LogP contribution is 2.25. The van der Waals surface area contributed by atoms with Crippen LogP contribution in [0.3, 0.4) is 0 Å². The van der Waals surface area contributed by atoms with Crippen molar-refractivity contribution in [1.82, 2.24) is 20.5 Å². The molecular weight excluding hydrogens is 398 g/mol. The van der Waals surface area contributed by atoms with Crippen molar-refractivity contribution < 1.29 is 9.47 Å². The molecule has 8 heteroatoms. The smallest absolute Gasteiger partial charge is 0.218 e. The molecule has 1 aliphatic heterocycles. The van der Waals surface area contributed by atoms with Gasteiger partial charge in [-0.2, -0.15) is 0 Å². The molecule has 164 valence electrons. The highest BCUT2D eigenvalue weighted by atomic mass is 32.1. The zero-order valence-electron chi connectivity index (χ0n) is 18.0. The van der Waals surface area contributed by atoms with E-state index in [1.54, 1.807) is 17.5 Å². The lowest BCUT2D eigenvalue weighted by molar-refractivity contribution is 0.0177. The molecule has 2 aromatic heterocycles. The Morgan fingerprint density at radius 3 is 2.87 bits per heavy atom. The van der Waals surface area contributed by atoms with E-state index in [1.165, 1.54) is 4.88 Å². The maximum Gasteiger partial charge on any atom is 0.218 e. The SMILES string of the molecule is CCCOc1ncccc1CN=C(NCC)NCC(c1cccs1)N1CCOCC1. The fourth-order valence-corrected chi connectivity index (χ4v) is 4.21. The topological polar surface area (TPSA) is 71.0 Å². The third kappa shape index (κ3) is 6.68. The minimum atomic E-state index is 0.305. The monoisotopic (exact) mass is 431 g/mol. The second kappa shape index (κ2) is 12.5. The van der Waals surface area contributed by atoms with Gasteiger partial charge in [-0.15, -0.1) is 11.3 Å². The first-order valence-electron chi connectivity index (χ1n) is 10.8. The minimum Gasteiger partial charge on any atom is -0.477 e. The summed E-state index contributed by atoms with van der Waals surface area (Å²) >= 11 is 1.80. The molecule has 2 N–H and O–H groups in total. The maximum atomic E-state index is 5.77. The first-order chi connectivity index (χ1) is 14.8. The van der Waals surface area contributed by atoms with E-state index in [2.05, 4.69) is 51.9 Å². The fourth-order valence-electron chi connectivity index (χ4n) is 3.35. The number of ether oxygens (including phenoxy) is 2. The van der Waals surface area contributed by atoms with Crippen molar-refractivity contribution in [2.24, 2.45) is 4.99 Å². The van der Waals surface area contributed by atoms with Gasteiger partial charge >= 0.3 is 0 Å². The average Bonchev–Trinajstić information content (AvgIpc) is 3.32. The van der Waals surface area contributed by atoms with Crippen molar-refractivity contribution in [3.05, 3.63) is 46.3 Å². The molecule has 0 aromatic carbocycles. The molecular formula is C22H33N5O2S. The van der Waals surface area contributed by atoms with E-state index in [9.17, 15) is 0 Å². The van der Waals surface area contributed by atoms with Gasteiger partial charge in [0.25, 0.3) is 0 Å². The van der Waals surface area contributed by atoms with E-state index in [4.69, 9.17) is 14.5 Å². The summed E-state index contributed by atoms with van der Waals surface area (Å²) in [6, 6.07) is 8.58. The van der Waals surface area contributed by atoms with Gasteiger partial charge in [-0.1, -0.05) is 19.1 Å². The van der Waals surface area contributed by atoms with Crippen LogP contribution in [0.25, 0.3) is 0 Å². The standard InChI is InChI=1S/C22H33N5O2S/c1-3-12-29-21-18(7-5-9-24-21)16-25-22(23-4-2)26-17-19(20-8-6-15-30-20)27-10-13-28-14-11-27/h5-9,15,19H,3-4,10-14,16-17H2,1-2H3,(H2,23,25,26). The summed E-state index contributed by atoms with van der Waals surface area (Å²) in [6.45, 7) is 10.4. The van der Waals surface area contributed by atoms with Crippen LogP contribution in [0.4, 0.5) is 0 Å². The lowest BCUT2D eigenvalue weighted by atomic mass is 10.2. The van der Waals surface area contributed by atoms with E-state index < -0.39 is 0 Å². The van der Waals surface area contributed by atoms with Gasteiger partial charge in [0.2, 0.25) is 5.88 Å². The molecule has 0 radical (unpaired) electrons. The first-order valence-corrected chi connectivity index (χ1v) is 11.6. The van der Waals surface area contributed by atoms with Crippen LogP contribution in [-0.2, 0) is 11.3 Å². The van der Waals surface area contributed by atoms with Gasteiger partial charge in [0.05, 0.1) is 32.4 Å². The zero-order valence-corrected chi connectivity index (χ0v) is 18.8. The van der Waals surface area contributed by atoms with Crippen LogP contribution in [0, 0.1) is 0 Å². The second-order valence-electron chi connectivity index (χ2n) is 7.07. The average molecular weight is 432 g/mol. The van der Waals surface area contributed by atoms with E-state index in [1.807, 2.05) is 12.1 Å². The molecule has 30 heavy (non-hydrogen) atoms. The third-order valence-corrected chi connectivity index (χ3v) is 5.84. The molecule has 3 rings (SSSR count). The Morgan fingerprint density at radius 2 is 2.13 bits per heavy atom. The Bertz CT molecular complexity index is 763. The number of pyridine rings is 1. The molecule has 1 aliphatic rings. The summed E-state index contributed by atoms with van der Waals surface area (Å²) in [5.41, 5.74) is 0.992. The predicted octanol–water partition coefficient (Wildman–Crippen LogP) is 3.06. The minimum absolute atomic E-state index is 0.305. The van der Waals surface area contributed by atoms with Crippen molar-refractivity contribution in [3.63, 3.8) is 0 Å². The molecule has 0 amide bonds. The van der Waals surface area contributed by atoms with Crippen molar-refractivity contribution >= 4 is 17.3 Å². The Hall–Kier alpha value is -2.16. The van der Waals surface area contributed by atoms with Crippen LogP contribution < -0.4 is 15.4 Å². The molecule has 1 atom stereocenters. The van der Waals surface area contributed by atoms with Crippen LogP contribution in [0.2, 0.25) is 0 Å². The molecule has 1 saturated heterocycles. The Kier molecular flexibility index (Phi) is 9.40. The summed E-state index contributed by atoms with van der Waals surface area (Å²) in [4.78, 5) is 13.0. The normalized spacial score (nSPS) is 16.3. The van der Waals surface area contributed by atoms with Gasteiger partial charge in [0.1, 0.15) is 0 Å². The molecule has 1 fully saturated rings. The highest BCUT2D eigenvalue weighted by Gasteiger charge is 2.23. The summed E-state index contributed by atoms with van der Waals surface area (Å²) in [5, 5.41) is 9.04. The number of rotatable bonds is 10.